The van der Waals surface area contributed by atoms with Crippen LogP contribution >= 0.6 is 0 Å². The molecule has 0 bridgehead atoms. The molecule has 6 nitrogen and oxygen atoms in total. The van der Waals surface area contributed by atoms with Crippen LogP contribution in [0.2, 0.25) is 0 Å². The molecule has 1 saturated carbocycles. The van der Waals surface area contributed by atoms with Gasteiger partial charge in [0, 0.05) is 11.8 Å². The van der Waals surface area contributed by atoms with Crippen molar-refractivity contribution in [1.82, 2.24) is 4.72 Å². The molecule has 2 heterocycles. The third kappa shape index (κ3) is 2.67. The van der Waals surface area contributed by atoms with Crippen LogP contribution in [0.25, 0.3) is 0 Å². The molecule has 32 heavy (non-hydrogen) atoms. The number of ether oxygens (including phenoxy) is 2. The van der Waals surface area contributed by atoms with Gasteiger partial charge in [0.05, 0.1) is 10.4 Å². The molecule has 2 aromatic carbocycles. The molecule has 1 fully saturated rings. The van der Waals surface area contributed by atoms with Gasteiger partial charge in [0.25, 0.3) is 0 Å². The zero-order valence-corrected chi connectivity index (χ0v) is 18.7. The third-order valence-electron chi connectivity index (χ3n) is 7.54. The second kappa shape index (κ2) is 6.93. The van der Waals surface area contributed by atoms with Crippen molar-refractivity contribution >= 4 is 15.8 Å². The minimum Gasteiger partial charge on any atom is -0.454 e. The molecule has 6 rings (SSSR count). The maximum atomic E-state index is 13.4. The molecule has 4 atom stereocenters. The number of benzene rings is 2. The number of ketones is 1. The molecule has 1 spiro atoms. The Morgan fingerprint density at radius 1 is 1.12 bits per heavy atom. The molecule has 0 radical (unpaired) electrons. The number of sulfonamides is 1. The highest BCUT2D eigenvalue weighted by Crippen LogP contribution is 2.63. The molecule has 1 N–H and O–H groups in total. The molecule has 0 unspecified atom stereocenters. The zero-order chi connectivity index (χ0) is 22.1. The summed E-state index contributed by atoms with van der Waals surface area (Å²) in [5.74, 6) is 0.878. The van der Waals surface area contributed by atoms with Gasteiger partial charge >= 0.3 is 0 Å². The second-order valence-corrected chi connectivity index (χ2v) is 10.9. The first-order chi connectivity index (χ1) is 15.4. The minimum atomic E-state index is -3.65. The summed E-state index contributed by atoms with van der Waals surface area (Å²) in [5.41, 5.74) is 2.04. The lowest BCUT2D eigenvalue weighted by Crippen LogP contribution is -2.44. The number of fused-ring (bicyclic) bond motifs is 5. The number of unbranched alkanes of at least 4 members (excludes halogenated alkanes) is 1. The summed E-state index contributed by atoms with van der Waals surface area (Å²) in [6.07, 6.45) is 5.13. The van der Waals surface area contributed by atoms with E-state index in [1.54, 1.807) is 18.2 Å². The summed E-state index contributed by atoms with van der Waals surface area (Å²) in [7, 11) is -3.65. The summed E-state index contributed by atoms with van der Waals surface area (Å²) in [4.78, 5) is 13.7. The van der Waals surface area contributed by atoms with Gasteiger partial charge < -0.3 is 9.47 Å². The highest BCUT2D eigenvalue weighted by Gasteiger charge is 2.64. The fourth-order valence-electron chi connectivity index (χ4n) is 6.30. The minimum absolute atomic E-state index is 0.101. The van der Waals surface area contributed by atoms with E-state index in [4.69, 9.17) is 9.47 Å². The molecule has 7 heteroatoms. The molecule has 0 amide bonds. The number of rotatable bonds is 4. The SMILES string of the molecule is CCCCC1=CC(=O)[C@H]2[C@H](c3ccc4c(c3)OCO4)C[C@@]3(NS(=O)(=O)c4ccccc43)[C@@H]12. The molecule has 2 aromatic rings. The average molecular weight is 452 g/mol. The van der Waals surface area contributed by atoms with Crippen LogP contribution in [-0.4, -0.2) is 21.0 Å². The summed E-state index contributed by atoms with van der Waals surface area (Å²) in [6.45, 7) is 2.32. The lowest BCUT2D eigenvalue weighted by molar-refractivity contribution is -0.118. The van der Waals surface area contributed by atoms with Crippen LogP contribution in [0.15, 0.2) is 59.0 Å². The number of carbonyl (C=O) groups excluding carboxylic acids is 1. The number of hydrogen-bond donors (Lipinski definition) is 1. The Labute approximate surface area is 187 Å². The van der Waals surface area contributed by atoms with E-state index in [0.717, 1.165) is 36.0 Å². The highest BCUT2D eigenvalue weighted by molar-refractivity contribution is 7.89. The van der Waals surface area contributed by atoms with Crippen LogP contribution < -0.4 is 14.2 Å². The first-order valence-corrected chi connectivity index (χ1v) is 12.7. The van der Waals surface area contributed by atoms with E-state index >= 15 is 0 Å². The standard InChI is InChI=1S/C25H25NO5S/c1-2-3-6-16-11-19(27)23-17(15-9-10-20-21(12-15)31-14-30-20)13-25(24(16)23)18-7-4-5-8-22(18)32(28,29)26-25/h4-5,7-12,17,23-24,26H,2-3,6,13-14H2,1H3/t17-,23+,24-,25-/m0/s1. The van der Waals surface area contributed by atoms with Crippen molar-refractivity contribution in [3.05, 3.63) is 65.2 Å². The van der Waals surface area contributed by atoms with E-state index in [1.165, 1.54) is 0 Å². The summed E-state index contributed by atoms with van der Waals surface area (Å²) >= 11 is 0. The maximum absolute atomic E-state index is 13.4. The van der Waals surface area contributed by atoms with E-state index in [1.807, 2.05) is 30.3 Å². The number of nitrogens with one attached hydrogen (secondary N) is 1. The topological polar surface area (TPSA) is 81.7 Å². The predicted octanol–water partition coefficient (Wildman–Crippen LogP) is 4.02. The Bertz CT molecular complexity index is 1270. The van der Waals surface area contributed by atoms with Gasteiger partial charge in [-0.15, -0.1) is 0 Å². The van der Waals surface area contributed by atoms with Crippen LogP contribution in [0.3, 0.4) is 0 Å². The largest absolute Gasteiger partial charge is 0.454 e. The quantitative estimate of drug-likeness (QED) is 0.759. The van der Waals surface area contributed by atoms with E-state index < -0.39 is 15.6 Å². The van der Waals surface area contributed by atoms with E-state index in [-0.39, 0.29) is 30.3 Å². The lowest BCUT2D eigenvalue weighted by Gasteiger charge is -2.33. The van der Waals surface area contributed by atoms with Crippen LogP contribution in [-0.2, 0) is 20.4 Å². The number of allylic oxidation sites excluding steroid dienone is 1. The molecule has 2 aliphatic carbocycles. The van der Waals surface area contributed by atoms with Gasteiger partial charge in [-0.1, -0.05) is 43.2 Å². The van der Waals surface area contributed by atoms with E-state index in [0.29, 0.717) is 22.8 Å². The third-order valence-corrected chi connectivity index (χ3v) is 9.11. The molecule has 166 valence electrons. The van der Waals surface area contributed by atoms with Gasteiger partial charge in [-0.25, -0.2) is 8.42 Å². The first-order valence-electron chi connectivity index (χ1n) is 11.2. The Morgan fingerprint density at radius 2 is 1.94 bits per heavy atom. The van der Waals surface area contributed by atoms with Crippen molar-refractivity contribution < 1.29 is 22.7 Å². The van der Waals surface area contributed by atoms with Crippen molar-refractivity contribution in [2.75, 3.05) is 6.79 Å². The summed E-state index contributed by atoms with van der Waals surface area (Å²) < 4.78 is 40.4. The van der Waals surface area contributed by atoms with Gasteiger partial charge in [0.1, 0.15) is 0 Å². The van der Waals surface area contributed by atoms with Crippen molar-refractivity contribution in [1.29, 1.82) is 0 Å². The Kier molecular flexibility index (Phi) is 4.33. The predicted molar refractivity (Wildman–Crippen MR) is 118 cm³/mol. The van der Waals surface area contributed by atoms with Crippen LogP contribution in [0.5, 0.6) is 11.5 Å². The van der Waals surface area contributed by atoms with Crippen LogP contribution in [0.1, 0.15) is 49.7 Å². The van der Waals surface area contributed by atoms with Crippen molar-refractivity contribution in [2.45, 2.75) is 49.0 Å². The van der Waals surface area contributed by atoms with Gasteiger partial charge in [-0.2, -0.15) is 4.72 Å². The molecule has 0 aromatic heterocycles. The molecular weight excluding hydrogens is 426 g/mol. The fourth-order valence-corrected chi connectivity index (χ4v) is 8.00. The van der Waals surface area contributed by atoms with Gasteiger partial charge in [-0.05, 0) is 60.6 Å². The maximum Gasteiger partial charge on any atom is 0.241 e. The van der Waals surface area contributed by atoms with Crippen molar-refractivity contribution in [2.24, 2.45) is 11.8 Å². The Hall–Kier alpha value is -2.64. The number of carbonyl (C=O) groups is 1. The van der Waals surface area contributed by atoms with Crippen LogP contribution in [0.4, 0.5) is 0 Å². The number of hydrogen-bond acceptors (Lipinski definition) is 5. The Balaban J connectivity index is 1.51. The summed E-state index contributed by atoms with van der Waals surface area (Å²) in [6, 6.07) is 13.0. The van der Waals surface area contributed by atoms with Gasteiger partial charge in [0.15, 0.2) is 17.3 Å². The van der Waals surface area contributed by atoms with Gasteiger partial charge in [0.2, 0.25) is 16.8 Å². The van der Waals surface area contributed by atoms with Crippen molar-refractivity contribution in [3.8, 4) is 11.5 Å². The molecular formula is C25H25NO5S. The van der Waals surface area contributed by atoms with Gasteiger partial charge in [-0.3, -0.25) is 4.79 Å². The summed E-state index contributed by atoms with van der Waals surface area (Å²) in [5, 5.41) is 0. The van der Waals surface area contributed by atoms with Crippen molar-refractivity contribution in [3.63, 3.8) is 0 Å². The zero-order valence-electron chi connectivity index (χ0n) is 17.8. The van der Waals surface area contributed by atoms with E-state index in [9.17, 15) is 13.2 Å². The first kappa shape index (κ1) is 20.0. The second-order valence-electron chi connectivity index (χ2n) is 9.22. The van der Waals surface area contributed by atoms with Crippen LogP contribution in [0, 0.1) is 11.8 Å². The molecule has 4 aliphatic rings. The molecule has 0 saturated heterocycles. The highest BCUT2D eigenvalue weighted by atomic mass is 32.2. The normalized spacial score (nSPS) is 31.1. The van der Waals surface area contributed by atoms with E-state index in [2.05, 4.69) is 11.6 Å². The average Bonchev–Trinajstić information content (AvgIpc) is 3.51. The Morgan fingerprint density at radius 3 is 2.78 bits per heavy atom. The smallest absolute Gasteiger partial charge is 0.241 e. The molecule has 2 aliphatic heterocycles. The fraction of sp³-hybridized carbons (Fsp3) is 0.400. The monoisotopic (exact) mass is 451 g/mol. The lowest BCUT2D eigenvalue weighted by atomic mass is 9.75.